The lowest BCUT2D eigenvalue weighted by molar-refractivity contribution is 0.0984. The van der Waals surface area contributed by atoms with E-state index in [0.717, 1.165) is 36.3 Å². The molecule has 0 atom stereocenters. The molecule has 1 aliphatic rings. The highest BCUT2D eigenvalue weighted by atomic mass is 16.2. The normalized spacial score (nSPS) is 13.3. The second-order valence-electron chi connectivity index (χ2n) is 7.80. The van der Waals surface area contributed by atoms with Gasteiger partial charge in [0.2, 0.25) is 5.95 Å². The van der Waals surface area contributed by atoms with E-state index in [9.17, 15) is 4.79 Å². The van der Waals surface area contributed by atoms with Gasteiger partial charge < -0.3 is 10.2 Å². The van der Waals surface area contributed by atoms with Crippen LogP contribution in [0.15, 0.2) is 54.9 Å². The molecule has 4 rings (SSSR count). The number of amides is 1. The largest absolute Gasteiger partial charge is 0.324 e. The predicted molar refractivity (Wildman–Crippen MR) is 117 cm³/mol. The highest BCUT2D eigenvalue weighted by Gasteiger charge is 2.23. The molecular weight excluding hydrogens is 360 g/mol. The maximum absolute atomic E-state index is 13.1. The zero-order valence-electron chi connectivity index (χ0n) is 17.1. The van der Waals surface area contributed by atoms with Crippen molar-refractivity contribution in [1.29, 1.82) is 0 Å². The molecule has 1 aromatic heterocycles. The van der Waals surface area contributed by atoms with Crippen LogP contribution in [0.5, 0.6) is 0 Å². The molecule has 0 bridgehead atoms. The first-order chi connectivity index (χ1) is 14.0. The van der Waals surface area contributed by atoms with Gasteiger partial charge >= 0.3 is 0 Å². The number of benzene rings is 2. The van der Waals surface area contributed by atoms with Gasteiger partial charge in [0, 0.05) is 30.3 Å². The average Bonchev–Trinajstić information content (AvgIpc) is 2.74. The third kappa shape index (κ3) is 3.86. The molecule has 0 unspecified atom stereocenters. The maximum Gasteiger partial charge on any atom is 0.261 e. The van der Waals surface area contributed by atoms with Crippen molar-refractivity contribution in [2.45, 2.75) is 39.5 Å². The smallest absolute Gasteiger partial charge is 0.261 e. The van der Waals surface area contributed by atoms with Gasteiger partial charge in [-0.1, -0.05) is 50.2 Å². The summed E-state index contributed by atoms with van der Waals surface area (Å²) in [6, 6.07) is 14.3. The Morgan fingerprint density at radius 1 is 1.07 bits per heavy atom. The van der Waals surface area contributed by atoms with Crippen LogP contribution in [0, 0.1) is 6.92 Å². The van der Waals surface area contributed by atoms with Crippen LogP contribution in [0.2, 0.25) is 0 Å². The standard InChI is InChI=1S/C24H26N4O/c1-16(2)20-11-6-8-17(3)22(20)27-24-25-14-19(15-26-24)23(29)28-13-7-10-18-9-4-5-12-21(18)28/h4-6,8-9,11-12,14-16H,7,10,13H2,1-3H3,(H,25,26,27). The SMILES string of the molecule is Cc1cccc(C(C)C)c1Nc1ncc(C(=O)N2CCCc3ccccc32)cn1. The quantitative estimate of drug-likeness (QED) is 0.666. The highest BCUT2D eigenvalue weighted by molar-refractivity contribution is 6.06. The minimum absolute atomic E-state index is 0.0533. The molecule has 1 amide bonds. The fraction of sp³-hybridized carbons (Fsp3) is 0.292. The van der Waals surface area contributed by atoms with Gasteiger partial charge in [0.1, 0.15) is 0 Å². The number of hydrogen-bond donors (Lipinski definition) is 1. The third-order valence-corrected chi connectivity index (χ3v) is 5.42. The Morgan fingerprint density at radius 2 is 1.83 bits per heavy atom. The lowest BCUT2D eigenvalue weighted by Gasteiger charge is -2.29. The summed E-state index contributed by atoms with van der Waals surface area (Å²) in [5, 5.41) is 3.34. The molecule has 0 fully saturated rings. The number of fused-ring (bicyclic) bond motifs is 1. The van der Waals surface area contributed by atoms with Gasteiger partial charge in [-0.25, -0.2) is 9.97 Å². The van der Waals surface area contributed by atoms with Crippen molar-refractivity contribution in [3.8, 4) is 0 Å². The molecule has 0 radical (unpaired) electrons. The van der Waals surface area contributed by atoms with Crippen LogP contribution in [0.3, 0.4) is 0 Å². The summed E-state index contributed by atoms with van der Waals surface area (Å²) in [6.07, 6.45) is 5.20. The second kappa shape index (κ2) is 8.03. The second-order valence-corrected chi connectivity index (χ2v) is 7.80. The summed E-state index contributed by atoms with van der Waals surface area (Å²) in [5.41, 5.74) is 6.11. The molecule has 0 spiro atoms. The maximum atomic E-state index is 13.1. The number of aromatic nitrogens is 2. The molecule has 2 heterocycles. The van der Waals surface area contributed by atoms with E-state index in [1.54, 1.807) is 12.4 Å². The Balaban J connectivity index is 1.56. The number of aryl methyl sites for hydroxylation is 2. The number of nitrogens with zero attached hydrogens (tertiary/aromatic N) is 3. The minimum atomic E-state index is -0.0533. The van der Waals surface area contributed by atoms with Gasteiger partial charge in [-0.2, -0.15) is 0 Å². The number of carbonyl (C=O) groups is 1. The van der Waals surface area contributed by atoms with Gasteiger partial charge in [0.25, 0.3) is 5.91 Å². The van der Waals surface area contributed by atoms with Crippen molar-refractivity contribution in [2.24, 2.45) is 0 Å². The van der Waals surface area contributed by atoms with E-state index < -0.39 is 0 Å². The van der Waals surface area contributed by atoms with Crippen LogP contribution in [-0.4, -0.2) is 22.4 Å². The van der Waals surface area contributed by atoms with Crippen molar-refractivity contribution in [2.75, 3.05) is 16.8 Å². The number of anilines is 3. The molecule has 1 N–H and O–H groups in total. The molecule has 2 aromatic carbocycles. The molecule has 29 heavy (non-hydrogen) atoms. The average molecular weight is 386 g/mol. The lowest BCUT2D eigenvalue weighted by atomic mass is 9.98. The molecule has 0 saturated heterocycles. The first-order valence-corrected chi connectivity index (χ1v) is 10.1. The number of para-hydroxylation sites is 2. The zero-order valence-corrected chi connectivity index (χ0v) is 17.1. The fourth-order valence-electron chi connectivity index (χ4n) is 3.86. The first kappa shape index (κ1) is 19.1. The van der Waals surface area contributed by atoms with Crippen molar-refractivity contribution in [1.82, 2.24) is 9.97 Å². The minimum Gasteiger partial charge on any atom is -0.324 e. The van der Waals surface area contributed by atoms with Crippen LogP contribution in [0.4, 0.5) is 17.3 Å². The molecule has 5 nitrogen and oxygen atoms in total. The third-order valence-electron chi connectivity index (χ3n) is 5.42. The first-order valence-electron chi connectivity index (χ1n) is 10.1. The fourth-order valence-corrected chi connectivity index (χ4v) is 3.86. The summed E-state index contributed by atoms with van der Waals surface area (Å²) in [6.45, 7) is 7.12. The van der Waals surface area contributed by atoms with E-state index in [-0.39, 0.29) is 5.91 Å². The van der Waals surface area contributed by atoms with Crippen molar-refractivity contribution >= 4 is 23.2 Å². The zero-order chi connectivity index (χ0) is 20.4. The highest BCUT2D eigenvalue weighted by Crippen LogP contribution is 2.30. The van der Waals surface area contributed by atoms with Crippen LogP contribution >= 0.6 is 0 Å². The van der Waals surface area contributed by atoms with E-state index in [1.165, 1.54) is 11.1 Å². The van der Waals surface area contributed by atoms with Gasteiger partial charge in [0.05, 0.1) is 5.56 Å². The lowest BCUT2D eigenvalue weighted by Crippen LogP contribution is -2.35. The predicted octanol–water partition coefficient (Wildman–Crippen LogP) is 5.25. The van der Waals surface area contributed by atoms with E-state index in [0.29, 0.717) is 17.4 Å². The monoisotopic (exact) mass is 386 g/mol. The Labute approximate surface area is 171 Å². The Kier molecular flexibility index (Phi) is 5.30. The summed E-state index contributed by atoms with van der Waals surface area (Å²) in [7, 11) is 0. The molecule has 0 aliphatic carbocycles. The van der Waals surface area contributed by atoms with Gasteiger partial charge in [0.15, 0.2) is 0 Å². The molecule has 148 valence electrons. The summed E-state index contributed by atoms with van der Waals surface area (Å²) in [5.74, 6) is 0.830. The number of nitrogens with one attached hydrogen (secondary N) is 1. The summed E-state index contributed by atoms with van der Waals surface area (Å²) in [4.78, 5) is 23.7. The number of carbonyl (C=O) groups excluding carboxylic acids is 1. The Hall–Kier alpha value is -3.21. The number of rotatable bonds is 4. The van der Waals surface area contributed by atoms with Gasteiger partial charge in [-0.15, -0.1) is 0 Å². The van der Waals surface area contributed by atoms with E-state index >= 15 is 0 Å². The Bertz CT molecular complexity index is 1030. The molecule has 3 aromatic rings. The van der Waals surface area contributed by atoms with E-state index in [4.69, 9.17) is 0 Å². The molecular formula is C24H26N4O. The van der Waals surface area contributed by atoms with E-state index in [1.807, 2.05) is 23.1 Å². The van der Waals surface area contributed by atoms with Gasteiger partial charge in [-0.05, 0) is 48.4 Å². The van der Waals surface area contributed by atoms with Crippen LogP contribution < -0.4 is 10.2 Å². The summed E-state index contributed by atoms with van der Waals surface area (Å²) < 4.78 is 0. The molecule has 5 heteroatoms. The Morgan fingerprint density at radius 3 is 2.59 bits per heavy atom. The number of hydrogen-bond acceptors (Lipinski definition) is 4. The van der Waals surface area contributed by atoms with Crippen molar-refractivity contribution < 1.29 is 4.79 Å². The van der Waals surface area contributed by atoms with Crippen molar-refractivity contribution in [3.63, 3.8) is 0 Å². The van der Waals surface area contributed by atoms with Crippen LogP contribution in [0.25, 0.3) is 0 Å². The molecule has 0 saturated carbocycles. The molecule has 1 aliphatic heterocycles. The van der Waals surface area contributed by atoms with Crippen LogP contribution in [-0.2, 0) is 6.42 Å². The van der Waals surface area contributed by atoms with Gasteiger partial charge in [-0.3, -0.25) is 4.79 Å². The topological polar surface area (TPSA) is 58.1 Å². The van der Waals surface area contributed by atoms with Crippen LogP contribution in [0.1, 0.15) is 53.2 Å². The summed E-state index contributed by atoms with van der Waals surface area (Å²) >= 11 is 0. The van der Waals surface area contributed by atoms with E-state index in [2.05, 4.69) is 60.3 Å². The van der Waals surface area contributed by atoms with Crippen molar-refractivity contribution in [3.05, 3.63) is 77.1 Å².